The van der Waals surface area contributed by atoms with E-state index < -0.39 is 5.92 Å². The van der Waals surface area contributed by atoms with Gasteiger partial charge in [-0.25, -0.2) is 0 Å². The van der Waals surface area contributed by atoms with E-state index in [1.165, 1.54) is 0 Å². The molecule has 0 N–H and O–H groups in total. The number of carbonyl (C=O) groups is 1. The number of ketones is 1. The van der Waals surface area contributed by atoms with Gasteiger partial charge in [-0.2, -0.15) is 5.26 Å². The highest BCUT2D eigenvalue weighted by Crippen LogP contribution is 2.41. The van der Waals surface area contributed by atoms with E-state index >= 15 is 0 Å². The van der Waals surface area contributed by atoms with Gasteiger partial charge in [-0.1, -0.05) is 26.0 Å². The lowest BCUT2D eigenvalue weighted by molar-refractivity contribution is -0.120. The Balaban J connectivity index is 2.82. The Morgan fingerprint density at radius 3 is 2.88 bits per heavy atom. The van der Waals surface area contributed by atoms with Crippen molar-refractivity contribution in [2.24, 2.45) is 17.3 Å². The summed E-state index contributed by atoms with van der Waals surface area (Å²) in [5.74, 6) is -0.370. The Morgan fingerprint density at radius 1 is 1.62 bits per heavy atom. The molecule has 16 heavy (non-hydrogen) atoms. The molecule has 0 amide bonds. The first-order valence-electron chi connectivity index (χ1n) is 5.76. The fraction of sp³-hybridized carbons (Fsp3) is 0.571. The molecule has 2 heteroatoms. The van der Waals surface area contributed by atoms with E-state index in [-0.39, 0.29) is 17.1 Å². The molecule has 1 rings (SSSR count). The molecule has 0 saturated heterocycles. The van der Waals surface area contributed by atoms with Gasteiger partial charge in [0.2, 0.25) is 0 Å². The molecule has 0 bridgehead atoms. The summed E-state index contributed by atoms with van der Waals surface area (Å²) < 4.78 is 0. The second-order valence-electron chi connectivity index (χ2n) is 4.99. The van der Waals surface area contributed by atoms with E-state index in [4.69, 9.17) is 5.26 Å². The van der Waals surface area contributed by atoms with Crippen LogP contribution < -0.4 is 0 Å². The lowest BCUT2D eigenvalue weighted by Gasteiger charge is -2.37. The standard InChI is InChI=1S/C14H19NO/c1-4-5-6-7-12-11(10-15)13(16)8-9-14(12,2)3/h4,8-9,11-12H,1,5-7H2,2-3H3/t11-,12-/m0/s1. The van der Waals surface area contributed by atoms with Gasteiger partial charge in [-0.15, -0.1) is 6.58 Å². The summed E-state index contributed by atoms with van der Waals surface area (Å²) in [6.07, 6.45) is 8.25. The lowest BCUT2D eigenvalue weighted by Crippen LogP contribution is -2.36. The molecule has 0 radical (unpaired) electrons. The van der Waals surface area contributed by atoms with Crippen LogP contribution in [0.5, 0.6) is 0 Å². The predicted molar refractivity (Wildman–Crippen MR) is 64.6 cm³/mol. The molecule has 2 nitrogen and oxygen atoms in total. The highest BCUT2D eigenvalue weighted by molar-refractivity contribution is 5.94. The second-order valence-corrected chi connectivity index (χ2v) is 4.99. The number of nitriles is 1. The first kappa shape index (κ1) is 12.7. The quantitative estimate of drug-likeness (QED) is 0.535. The summed E-state index contributed by atoms with van der Waals surface area (Å²) >= 11 is 0. The SMILES string of the molecule is C=CCCC[C@H]1[C@H](C#N)C(=O)C=CC1(C)C. The topological polar surface area (TPSA) is 40.9 Å². The highest BCUT2D eigenvalue weighted by atomic mass is 16.1. The zero-order chi connectivity index (χ0) is 12.2. The average Bonchev–Trinajstić information content (AvgIpc) is 2.24. The van der Waals surface area contributed by atoms with Crippen LogP contribution in [-0.2, 0) is 4.79 Å². The van der Waals surface area contributed by atoms with Gasteiger partial charge >= 0.3 is 0 Å². The Labute approximate surface area is 97.7 Å². The third kappa shape index (κ3) is 2.61. The number of unbranched alkanes of at least 4 members (excludes halogenated alkanes) is 1. The molecule has 0 saturated carbocycles. The zero-order valence-corrected chi connectivity index (χ0v) is 10.1. The minimum absolute atomic E-state index is 0.0366. The van der Waals surface area contributed by atoms with Crippen molar-refractivity contribution in [1.29, 1.82) is 5.26 Å². The Hall–Kier alpha value is -1.36. The van der Waals surface area contributed by atoms with Gasteiger partial charge in [0.25, 0.3) is 0 Å². The van der Waals surface area contributed by atoms with Crippen molar-refractivity contribution < 1.29 is 4.79 Å². The van der Waals surface area contributed by atoms with Crippen LogP contribution in [0.3, 0.4) is 0 Å². The number of rotatable bonds is 4. The Morgan fingerprint density at radius 2 is 2.31 bits per heavy atom. The molecule has 0 aromatic carbocycles. The average molecular weight is 217 g/mol. The maximum atomic E-state index is 11.6. The summed E-state index contributed by atoms with van der Waals surface area (Å²) in [4.78, 5) is 11.6. The molecule has 0 fully saturated rings. The zero-order valence-electron chi connectivity index (χ0n) is 10.1. The maximum Gasteiger partial charge on any atom is 0.172 e. The Bertz CT molecular complexity index is 346. The first-order valence-corrected chi connectivity index (χ1v) is 5.76. The molecule has 1 aliphatic rings. The van der Waals surface area contributed by atoms with Crippen LogP contribution in [0.15, 0.2) is 24.8 Å². The highest BCUT2D eigenvalue weighted by Gasteiger charge is 2.39. The van der Waals surface area contributed by atoms with E-state index in [1.807, 2.05) is 12.2 Å². The van der Waals surface area contributed by atoms with Gasteiger partial charge in [0.15, 0.2) is 5.78 Å². The number of hydrogen-bond acceptors (Lipinski definition) is 2. The van der Waals surface area contributed by atoms with Gasteiger partial charge in [0.1, 0.15) is 5.92 Å². The van der Waals surface area contributed by atoms with Gasteiger partial charge < -0.3 is 0 Å². The normalized spacial score (nSPS) is 27.4. The fourth-order valence-electron chi connectivity index (χ4n) is 2.33. The summed E-state index contributed by atoms with van der Waals surface area (Å²) in [6.45, 7) is 7.88. The van der Waals surface area contributed by atoms with Crippen molar-refractivity contribution in [3.8, 4) is 6.07 Å². The predicted octanol–water partition coefficient (Wildman–Crippen LogP) is 3.26. The second kappa shape index (κ2) is 5.12. The molecule has 0 unspecified atom stereocenters. The van der Waals surface area contributed by atoms with Crippen molar-refractivity contribution in [2.75, 3.05) is 0 Å². The molecule has 0 heterocycles. The molecule has 0 aromatic rings. The van der Waals surface area contributed by atoms with E-state index in [1.54, 1.807) is 6.08 Å². The molecular formula is C14H19NO. The van der Waals surface area contributed by atoms with Gasteiger partial charge in [0, 0.05) is 0 Å². The lowest BCUT2D eigenvalue weighted by atomic mass is 9.65. The summed E-state index contributed by atoms with van der Waals surface area (Å²) in [5.41, 5.74) is -0.0600. The minimum Gasteiger partial charge on any atom is -0.293 e. The van der Waals surface area contributed by atoms with Gasteiger partial charge in [0.05, 0.1) is 6.07 Å². The summed E-state index contributed by atoms with van der Waals surface area (Å²) in [7, 11) is 0. The van der Waals surface area contributed by atoms with Gasteiger partial charge in [-0.05, 0) is 36.7 Å². The third-order valence-corrected chi connectivity index (χ3v) is 3.40. The van der Waals surface area contributed by atoms with Crippen LogP contribution >= 0.6 is 0 Å². The molecule has 86 valence electrons. The number of nitrogens with zero attached hydrogens (tertiary/aromatic N) is 1. The number of carbonyl (C=O) groups excluding carboxylic acids is 1. The van der Waals surface area contributed by atoms with E-state index in [9.17, 15) is 4.79 Å². The van der Waals surface area contributed by atoms with Crippen molar-refractivity contribution in [3.05, 3.63) is 24.8 Å². The monoisotopic (exact) mass is 217 g/mol. The fourth-order valence-corrected chi connectivity index (χ4v) is 2.33. The molecule has 0 spiro atoms. The summed E-state index contributed by atoms with van der Waals surface area (Å²) in [5, 5.41) is 9.10. The van der Waals surface area contributed by atoms with Crippen LogP contribution in [0.25, 0.3) is 0 Å². The largest absolute Gasteiger partial charge is 0.293 e. The first-order chi connectivity index (χ1) is 7.53. The van der Waals surface area contributed by atoms with Crippen molar-refractivity contribution in [1.82, 2.24) is 0 Å². The molecule has 2 atom stereocenters. The van der Waals surface area contributed by atoms with E-state index in [0.29, 0.717) is 0 Å². The van der Waals surface area contributed by atoms with Gasteiger partial charge in [-0.3, -0.25) is 4.79 Å². The van der Waals surface area contributed by atoms with Crippen molar-refractivity contribution in [2.45, 2.75) is 33.1 Å². The minimum atomic E-state index is -0.468. The van der Waals surface area contributed by atoms with Crippen molar-refractivity contribution in [3.63, 3.8) is 0 Å². The molecule has 0 aliphatic heterocycles. The third-order valence-electron chi connectivity index (χ3n) is 3.40. The van der Waals surface area contributed by atoms with Crippen LogP contribution in [0.1, 0.15) is 33.1 Å². The van der Waals surface area contributed by atoms with Crippen LogP contribution in [0.4, 0.5) is 0 Å². The van der Waals surface area contributed by atoms with E-state index in [2.05, 4.69) is 26.5 Å². The Kier molecular flexibility index (Phi) is 4.06. The van der Waals surface area contributed by atoms with E-state index in [0.717, 1.165) is 19.3 Å². The maximum absolute atomic E-state index is 11.6. The summed E-state index contributed by atoms with van der Waals surface area (Å²) in [6, 6.07) is 2.16. The molecular weight excluding hydrogens is 198 g/mol. The number of allylic oxidation sites excluding steroid dienone is 3. The molecule has 0 aromatic heterocycles. The van der Waals surface area contributed by atoms with Crippen LogP contribution in [0, 0.1) is 28.6 Å². The van der Waals surface area contributed by atoms with Crippen LogP contribution in [0.2, 0.25) is 0 Å². The van der Waals surface area contributed by atoms with Crippen molar-refractivity contribution >= 4 is 5.78 Å². The van der Waals surface area contributed by atoms with Crippen LogP contribution in [-0.4, -0.2) is 5.78 Å². The smallest absolute Gasteiger partial charge is 0.172 e. The number of hydrogen-bond donors (Lipinski definition) is 0. The molecule has 1 aliphatic carbocycles.